The Morgan fingerprint density at radius 3 is 2.50 bits per heavy atom. The minimum absolute atomic E-state index is 0.00393. The van der Waals surface area contributed by atoms with E-state index in [9.17, 15) is 4.79 Å². The van der Waals surface area contributed by atoms with Crippen LogP contribution in [0.15, 0.2) is 71.8 Å². The van der Waals surface area contributed by atoms with E-state index in [4.69, 9.17) is 0 Å². The summed E-state index contributed by atoms with van der Waals surface area (Å²) in [6, 6.07) is 20.1. The second kappa shape index (κ2) is 8.19. The van der Waals surface area contributed by atoms with Crippen molar-refractivity contribution in [3.8, 4) is 11.1 Å². The number of thioether (sulfide) groups is 1. The molecule has 0 aliphatic rings. The SMILES string of the molecule is CSc1cccc(C(C)C(=O)Nc2ccc(-c3ccnc(C)c3)cc2)c1. The molecule has 1 N–H and O–H groups in total. The molecule has 1 unspecified atom stereocenters. The van der Waals surface area contributed by atoms with Gasteiger partial charge in [-0.05, 0) is 73.2 Å². The molecule has 0 radical (unpaired) electrons. The lowest BCUT2D eigenvalue weighted by atomic mass is 10.00. The highest BCUT2D eigenvalue weighted by atomic mass is 32.2. The van der Waals surface area contributed by atoms with Gasteiger partial charge in [0.2, 0.25) is 5.91 Å². The van der Waals surface area contributed by atoms with Gasteiger partial charge >= 0.3 is 0 Å². The van der Waals surface area contributed by atoms with Crippen molar-refractivity contribution in [2.75, 3.05) is 11.6 Å². The lowest BCUT2D eigenvalue weighted by Gasteiger charge is -2.14. The molecule has 0 fully saturated rings. The molecular weight excluding hydrogens is 340 g/mol. The molecule has 1 amide bonds. The van der Waals surface area contributed by atoms with Crippen LogP contribution < -0.4 is 5.32 Å². The summed E-state index contributed by atoms with van der Waals surface area (Å²) in [5.74, 6) is -0.208. The Morgan fingerprint density at radius 2 is 1.81 bits per heavy atom. The molecule has 0 spiro atoms. The van der Waals surface area contributed by atoms with Crippen molar-refractivity contribution in [1.29, 1.82) is 0 Å². The van der Waals surface area contributed by atoms with Gasteiger partial charge in [0, 0.05) is 22.5 Å². The Hall–Kier alpha value is -2.59. The molecule has 2 aromatic carbocycles. The van der Waals surface area contributed by atoms with E-state index in [1.165, 1.54) is 4.90 Å². The van der Waals surface area contributed by atoms with Gasteiger partial charge in [-0.1, -0.05) is 24.3 Å². The predicted molar refractivity (Wildman–Crippen MR) is 110 cm³/mol. The molecule has 1 aromatic heterocycles. The molecular formula is C22H22N2OS. The topological polar surface area (TPSA) is 42.0 Å². The number of hydrogen-bond acceptors (Lipinski definition) is 3. The van der Waals surface area contributed by atoms with Gasteiger partial charge in [0.1, 0.15) is 0 Å². The van der Waals surface area contributed by atoms with Crippen molar-refractivity contribution in [2.45, 2.75) is 24.7 Å². The zero-order valence-electron chi connectivity index (χ0n) is 15.2. The van der Waals surface area contributed by atoms with Crippen LogP contribution in [-0.2, 0) is 4.79 Å². The number of hydrogen-bond donors (Lipinski definition) is 1. The number of amides is 1. The number of benzene rings is 2. The summed E-state index contributed by atoms with van der Waals surface area (Å²) in [5, 5.41) is 3.01. The van der Waals surface area contributed by atoms with Gasteiger partial charge in [-0.2, -0.15) is 0 Å². The molecule has 3 rings (SSSR count). The second-order valence-electron chi connectivity index (χ2n) is 6.25. The molecule has 3 nitrogen and oxygen atoms in total. The maximum absolute atomic E-state index is 12.6. The summed E-state index contributed by atoms with van der Waals surface area (Å²) in [4.78, 5) is 18.0. The van der Waals surface area contributed by atoms with Crippen molar-refractivity contribution in [2.24, 2.45) is 0 Å². The molecule has 0 aliphatic heterocycles. The smallest absolute Gasteiger partial charge is 0.231 e. The Morgan fingerprint density at radius 1 is 1.04 bits per heavy atom. The van der Waals surface area contributed by atoms with Gasteiger partial charge in [0.15, 0.2) is 0 Å². The van der Waals surface area contributed by atoms with Gasteiger partial charge in [0.05, 0.1) is 5.92 Å². The molecule has 0 bridgehead atoms. The normalized spacial score (nSPS) is 11.8. The highest BCUT2D eigenvalue weighted by Crippen LogP contribution is 2.25. The summed E-state index contributed by atoms with van der Waals surface area (Å²) in [7, 11) is 0. The summed E-state index contributed by atoms with van der Waals surface area (Å²) in [6.07, 6.45) is 3.85. The number of carbonyl (C=O) groups excluding carboxylic acids is 1. The monoisotopic (exact) mass is 362 g/mol. The first-order valence-corrected chi connectivity index (χ1v) is 9.77. The second-order valence-corrected chi connectivity index (χ2v) is 7.13. The quantitative estimate of drug-likeness (QED) is 0.608. The first-order valence-electron chi connectivity index (χ1n) is 8.55. The van der Waals surface area contributed by atoms with Crippen LogP contribution in [0.25, 0.3) is 11.1 Å². The highest BCUT2D eigenvalue weighted by molar-refractivity contribution is 7.98. The van der Waals surface area contributed by atoms with E-state index in [2.05, 4.69) is 22.4 Å². The first kappa shape index (κ1) is 18.2. The van der Waals surface area contributed by atoms with Crippen LogP contribution in [0.2, 0.25) is 0 Å². The summed E-state index contributed by atoms with van der Waals surface area (Å²) in [6.45, 7) is 3.91. The number of pyridine rings is 1. The summed E-state index contributed by atoms with van der Waals surface area (Å²) in [5.41, 5.74) is 5.05. The Labute approximate surface area is 158 Å². The predicted octanol–water partition coefficient (Wildman–Crippen LogP) is 5.52. The molecule has 132 valence electrons. The Bertz CT molecular complexity index is 906. The number of carbonyl (C=O) groups is 1. The zero-order valence-corrected chi connectivity index (χ0v) is 16.0. The number of anilines is 1. The third-order valence-corrected chi connectivity index (χ3v) is 5.09. The van der Waals surface area contributed by atoms with Crippen molar-refractivity contribution in [3.05, 3.63) is 78.1 Å². The van der Waals surface area contributed by atoms with Crippen LogP contribution in [0.1, 0.15) is 24.1 Å². The standard InChI is InChI=1S/C22H22N2OS/c1-15-13-19(11-12-23-15)17-7-9-20(10-8-17)24-22(25)16(2)18-5-4-6-21(14-18)26-3/h4-14,16H,1-3H3,(H,24,25). The van der Waals surface area contributed by atoms with Crippen molar-refractivity contribution < 1.29 is 4.79 Å². The molecule has 0 saturated heterocycles. The van der Waals surface area contributed by atoms with Crippen LogP contribution in [0, 0.1) is 6.92 Å². The van der Waals surface area contributed by atoms with Crippen LogP contribution in [0.4, 0.5) is 5.69 Å². The van der Waals surface area contributed by atoms with Gasteiger partial charge < -0.3 is 5.32 Å². The van der Waals surface area contributed by atoms with Gasteiger partial charge in [-0.15, -0.1) is 11.8 Å². The van der Waals surface area contributed by atoms with Crippen molar-refractivity contribution in [1.82, 2.24) is 4.98 Å². The average molecular weight is 362 g/mol. The third kappa shape index (κ3) is 4.33. The van der Waals surface area contributed by atoms with Crippen LogP contribution in [-0.4, -0.2) is 17.1 Å². The van der Waals surface area contributed by atoms with Gasteiger partial charge in [0.25, 0.3) is 0 Å². The van der Waals surface area contributed by atoms with Gasteiger partial charge in [-0.25, -0.2) is 0 Å². The van der Waals surface area contributed by atoms with Crippen molar-refractivity contribution in [3.63, 3.8) is 0 Å². The molecule has 1 heterocycles. The lowest BCUT2D eigenvalue weighted by Crippen LogP contribution is -2.18. The van der Waals surface area contributed by atoms with E-state index in [1.807, 2.05) is 74.8 Å². The number of nitrogens with one attached hydrogen (secondary N) is 1. The summed E-state index contributed by atoms with van der Waals surface area (Å²) >= 11 is 1.68. The van der Waals surface area contributed by atoms with E-state index >= 15 is 0 Å². The molecule has 3 aromatic rings. The lowest BCUT2D eigenvalue weighted by molar-refractivity contribution is -0.117. The maximum atomic E-state index is 12.6. The number of aromatic nitrogens is 1. The molecule has 0 aliphatic carbocycles. The van der Waals surface area contributed by atoms with E-state index < -0.39 is 0 Å². The van der Waals surface area contributed by atoms with E-state index in [1.54, 1.807) is 11.8 Å². The van der Waals surface area contributed by atoms with Crippen LogP contribution >= 0.6 is 11.8 Å². The maximum Gasteiger partial charge on any atom is 0.231 e. The molecule has 0 saturated carbocycles. The van der Waals surface area contributed by atoms with E-state index in [0.29, 0.717) is 0 Å². The van der Waals surface area contributed by atoms with Crippen molar-refractivity contribution >= 4 is 23.4 Å². The molecule has 26 heavy (non-hydrogen) atoms. The minimum Gasteiger partial charge on any atom is -0.326 e. The Balaban J connectivity index is 1.71. The number of nitrogens with zero attached hydrogens (tertiary/aromatic N) is 1. The minimum atomic E-state index is -0.204. The fraction of sp³-hybridized carbons (Fsp3) is 0.182. The Kier molecular flexibility index (Phi) is 5.74. The van der Waals surface area contributed by atoms with E-state index in [-0.39, 0.29) is 11.8 Å². The molecule has 4 heteroatoms. The number of rotatable bonds is 5. The fourth-order valence-electron chi connectivity index (χ4n) is 2.78. The molecule has 1 atom stereocenters. The van der Waals surface area contributed by atoms with Gasteiger partial charge in [-0.3, -0.25) is 9.78 Å². The average Bonchev–Trinajstić information content (AvgIpc) is 2.68. The highest BCUT2D eigenvalue weighted by Gasteiger charge is 2.15. The number of aryl methyl sites for hydroxylation is 1. The fourth-order valence-corrected chi connectivity index (χ4v) is 3.25. The zero-order chi connectivity index (χ0) is 18.5. The third-order valence-electron chi connectivity index (χ3n) is 4.37. The van der Waals surface area contributed by atoms with E-state index in [0.717, 1.165) is 28.1 Å². The largest absolute Gasteiger partial charge is 0.326 e. The first-order chi connectivity index (χ1) is 12.6. The summed E-state index contributed by atoms with van der Waals surface area (Å²) < 4.78 is 0. The van der Waals surface area contributed by atoms with Crippen LogP contribution in [0.3, 0.4) is 0 Å². The van der Waals surface area contributed by atoms with Crippen LogP contribution in [0.5, 0.6) is 0 Å².